The molecule has 4 aromatic carbocycles. The molecular formula is C48H59F3N4O5S2. The van der Waals surface area contributed by atoms with Gasteiger partial charge in [-0.3, -0.25) is 0 Å². The van der Waals surface area contributed by atoms with Crippen molar-refractivity contribution in [2.45, 2.75) is 93.3 Å². The molecule has 62 heavy (non-hydrogen) atoms. The number of rotatable bonds is 10. The Balaban J connectivity index is 1.12. The Hall–Kier alpha value is -3.79. The van der Waals surface area contributed by atoms with Crippen molar-refractivity contribution in [3.05, 3.63) is 90.5 Å². The van der Waals surface area contributed by atoms with Gasteiger partial charge in [0.25, 0.3) is 0 Å². The van der Waals surface area contributed by atoms with Crippen molar-refractivity contribution in [1.82, 2.24) is 18.4 Å². The summed E-state index contributed by atoms with van der Waals surface area (Å²) in [6.07, 6.45) is 2.82. The third-order valence-electron chi connectivity index (χ3n) is 13.9. The van der Waals surface area contributed by atoms with Crippen LogP contribution in [-0.2, 0) is 26.2 Å². The standard InChI is InChI=1S/C48H59F3N4O5S2/c1-34-14-22-52(23-15-34)39-18-26-54(27-19-39)61(56,57)41-9-6-8-36(31-41)44-11-7-12-45(47(44)60-3)38-30-37(43-10-4-5-13-46(43)48(49,50)51)32-42(33-38)62(58,59)55-28-20-40(21-29-55)53-24-16-35(2)17-25-53/h4-13,30-35,39-40H,14-29H2,1-3H3. The molecule has 0 aliphatic carbocycles. The molecule has 0 radical (unpaired) electrons. The lowest BCUT2D eigenvalue weighted by molar-refractivity contribution is -0.137. The van der Waals surface area contributed by atoms with Crippen LogP contribution < -0.4 is 4.74 Å². The summed E-state index contributed by atoms with van der Waals surface area (Å²) in [6, 6.07) is 22.3. The summed E-state index contributed by atoms with van der Waals surface area (Å²) in [5.74, 6) is 1.74. The van der Waals surface area contributed by atoms with E-state index < -0.39 is 31.8 Å². The van der Waals surface area contributed by atoms with Gasteiger partial charge in [-0.2, -0.15) is 21.8 Å². The average molecular weight is 893 g/mol. The minimum atomic E-state index is -4.69. The predicted octanol–water partition coefficient (Wildman–Crippen LogP) is 9.49. The van der Waals surface area contributed by atoms with E-state index in [1.54, 1.807) is 52.8 Å². The number of piperidine rings is 4. The second-order valence-corrected chi connectivity index (χ2v) is 21.8. The largest absolute Gasteiger partial charge is 0.495 e. The number of para-hydroxylation sites is 1. The van der Waals surface area contributed by atoms with Crippen LogP contribution in [0.2, 0.25) is 0 Å². The summed E-state index contributed by atoms with van der Waals surface area (Å²) in [7, 11) is -6.49. The molecule has 8 rings (SSSR count). The fraction of sp³-hybridized carbons (Fsp3) is 0.500. The van der Waals surface area contributed by atoms with Gasteiger partial charge in [-0.1, -0.05) is 62.4 Å². The zero-order valence-corrected chi connectivity index (χ0v) is 37.6. The molecule has 0 N–H and O–H groups in total. The summed E-state index contributed by atoms with van der Waals surface area (Å²) >= 11 is 0. The van der Waals surface area contributed by atoms with Crippen molar-refractivity contribution in [2.24, 2.45) is 11.8 Å². The Morgan fingerprint density at radius 3 is 1.47 bits per heavy atom. The summed E-state index contributed by atoms with van der Waals surface area (Å²) in [6.45, 7) is 10.2. The van der Waals surface area contributed by atoms with Gasteiger partial charge in [-0.05, 0) is 148 Å². The van der Waals surface area contributed by atoms with E-state index in [1.807, 2.05) is 0 Å². The van der Waals surface area contributed by atoms with Crippen LogP contribution in [0, 0.1) is 11.8 Å². The van der Waals surface area contributed by atoms with E-state index in [2.05, 4.69) is 23.6 Å². The summed E-state index contributed by atoms with van der Waals surface area (Å²) in [5, 5.41) is 0. The highest BCUT2D eigenvalue weighted by Gasteiger charge is 2.37. The smallest absolute Gasteiger partial charge is 0.417 e. The van der Waals surface area contributed by atoms with E-state index in [0.717, 1.165) is 63.8 Å². The van der Waals surface area contributed by atoms with E-state index in [-0.39, 0.29) is 27.0 Å². The van der Waals surface area contributed by atoms with Crippen molar-refractivity contribution in [2.75, 3.05) is 59.5 Å². The number of hydrogen-bond acceptors (Lipinski definition) is 7. The van der Waals surface area contributed by atoms with E-state index in [9.17, 15) is 30.0 Å². The third kappa shape index (κ3) is 9.37. The van der Waals surface area contributed by atoms with Gasteiger partial charge in [-0.15, -0.1) is 0 Å². The molecule has 0 atom stereocenters. The Bertz CT molecular complexity index is 2430. The normalized spacial score (nSPS) is 20.7. The highest BCUT2D eigenvalue weighted by Crippen LogP contribution is 2.44. The highest BCUT2D eigenvalue weighted by molar-refractivity contribution is 7.89. The topological polar surface area (TPSA) is 90.5 Å². The fourth-order valence-corrected chi connectivity index (χ4v) is 13.1. The number of alkyl halides is 3. The van der Waals surface area contributed by atoms with Crippen LogP contribution in [0.25, 0.3) is 33.4 Å². The van der Waals surface area contributed by atoms with E-state index in [4.69, 9.17) is 4.74 Å². The molecule has 9 nitrogen and oxygen atoms in total. The van der Waals surface area contributed by atoms with Gasteiger partial charge in [0.2, 0.25) is 20.0 Å². The Morgan fingerprint density at radius 2 is 0.952 bits per heavy atom. The van der Waals surface area contributed by atoms with Crippen LogP contribution >= 0.6 is 0 Å². The second kappa shape index (κ2) is 18.4. The molecule has 334 valence electrons. The second-order valence-electron chi connectivity index (χ2n) is 17.9. The van der Waals surface area contributed by atoms with Crippen LogP contribution in [0.3, 0.4) is 0 Å². The Morgan fingerprint density at radius 1 is 0.516 bits per heavy atom. The number of hydrogen-bond donors (Lipinski definition) is 0. The number of halogens is 3. The van der Waals surface area contributed by atoms with Crippen molar-refractivity contribution in [1.29, 1.82) is 0 Å². The third-order valence-corrected chi connectivity index (χ3v) is 17.7. The molecule has 0 saturated carbocycles. The van der Waals surface area contributed by atoms with Gasteiger partial charge >= 0.3 is 6.18 Å². The van der Waals surface area contributed by atoms with Gasteiger partial charge in [0.1, 0.15) is 5.75 Å². The molecule has 4 aliphatic rings. The summed E-state index contributed by atoms with van der Waals surface area (Å²) < 4.78 is 110. The molecule has 0 amide bonds. The first-order chi connectivity index (χ1) is 29.6. The lowest BCUT2D eigenvalue weighted by Crippen LogP contribution is -2.48. The van der Waals surface area contributed by atoms with Gasteiger partial charge < -0.3 is 14.5 Å². The number of ether oxygens (including phenoxy) is 1. The number of benzene rings is 4. The molecule has 4 saturated heterocycles. The van der Waals surface area contributed by atoms with Crippen LogP contribution in [0.15, 0.2) is 94.7 Å². The lowest BCUT2D eigenvalue weighted by atomic mass is 9.93. The molecule has 0 bridgehead atoms. The van der Waals surface area contributed by atoms with Crippen LogP contribution in [0.4, 0.5) is 13.2 Å². The molecule has 0 unspecified atom stereocenters. The van der Waals surface area contributed by atoms with E-state index in [0.29, 0.717) is 79.0 Å². The summed E-state index contributed by atoms with van der Waals surface area (Å²) in [4.78, 5) is 5.05. The number of nitrogens with zero attached hydrogens (tertiary/aromatic N) is 4. The monoisotopic (exact) mass is 892 g/mol. The molecule has 4 aliphatic heterocycles. The number of likely N-dealkylation sites (tertiary alicyclic amines) is 2. The zero-order valence-electron chi connectivity index (χ0n) is 36.0. The fourth-order valence-electron chi connectivity index (χ4n) is 10.1. The molecule has 14 heteroatoms. The van der Waals surface area contributed by atoms with Crippen LogP contribution in [-0.4, -0.2) is 107 Å². The average Bonchev–Trinajstić information content (AvgIpc) is 3.29. The Kier molecular flexibility index (Phi) is 13.3. The van der Waals surface area contributed by atoms with Crippen LogP contribution in [0.1, 0.15) is 70.8 Å². The minimum Gasteiger partial charge on any atom is -0.495 e. The van der Waals surface area contributed by atoms with Gasteiger partial charge in [-0.25, -0.2) is 16.8 Å². The van der Waals surface area contributed by atoms with Crippen molar-refractivity contribution in [3.63, 3.8) is 0 Å². The quantitative estimate of drug-likeness (QED) is 0.157. The maximum absolute atomic E-state index is 14.6. The predicted molar refractivity (Wildman–Crippen MR) is 238 cm³/mol. The Labute approximate surface area is 366 Å². The van der Waals surface area contributed by atoms with Crippen LogP contribution in [0.5, 0.6) is 5.75 Å². The SMILES string of the molecule is COc1c(-c2cccc(S(=O)(=O)N3CCC(N4CCC(C)CC4)CC3)c2)cccc1-c1cc(-c2ccccc2C(F)(F)F)cc(S(=O)(=O)N2CCC(N3CCC(C)CC3)CC2)c1. The van der Waals surface area contributed by atoms with Crippen molar-refractivity contribution >= 4 is 20.0 Å². The first kappa shape index (κ1) is 44.8. The van der Waals surface area contributed by atoms with Gasteiger partial charge in [0.15, 0.2) is 0 Å². The van der Waals surface area contributed by atoms with E-state index >= 15 is 0 Å². The molecule has 4 fully saturated rings. The van der Waals surface area contributed by atoms with Gasteiger partial charge in [0.05, 0.1) is 22.5 Å². The maximum Gasteiger partial charge on any atom is 0.417 e. The molecule has 0 spiro atoms. The number of sulfonamides is 2. The maximum atomic E-state index is 14.6. The van der Waals surface area contributed by atoms with Gasteiger partial charge in [0, 0.05) is 49.4 Å². The lowest BCUT2D eigenvalue weighted by Gasteiger charge is -2.41. The molecular weight excluding hydrogens is 834 g/mol. The van der Waals surface area contributed by atoms with E-state index in [1.165, 1.54) is 54.6 Å². The molecule has 4 aromatic rings. The zero-order chi connectivity index (χ0) is 43.8. The van der Waals surface area contributed by atoms with Crippen molar-refractivity contribution < 1.29 is 34.7 Å². The first-order valence-corrected chi connectivity index (χ1v) is 25.1. The number of methoxy groups -OCH3 is 1. The summed E-state index contributed by atoms with van der Waals surface area (Å²) in [5.41, 5.74) is 1.02. The highest BCUT2D eigenvalue weighted by atomic mass is 32.2. The first-order valence-electron chi connectivity index (χ1n) is 22.2. The minimum absolute atomic E-state index is 0.102. The van der Waals surface area contributed by atoms with Crippen molar-refractivity contribution in [3.8, 4) is 39.1 Å². The molecule has 4 heterocycles. The molecule has 0 aromatic heterocycles.